The van der Waals surface area contributed by atoms with Gasteiger partial charge < -0.3 is 5.11 Å². The minimum Gasteiger partial charge on any atom is -0.385 e. The predicted molar refractivity (Wildman–Crippen MR) is 58.4 cm³/mol. The van der Waals surface area contributed by atoms with E-state index >= 15 is 0 Å². The van der Waals surface area contributed by atoms with Crippen molar-refractivity contribution in [3.63, 3.8) is 0 Å². The highest BCUT2D eigenvalue weighted by atomic mass is 35.5. The van der Waals surface area contributed by atoms with Gasteiger partial charge in [0.15, 0.2) is 0 Å². The van der Waals surface area contributed by atoms with E-state index < -0.39 is 5.60 Å². The standard InChI is InChI=1S/C12H15ClO/c1-12(14,9-3-2-4-9)10-5-7-11(13)8-6-10/h5-9,14H,2-4H2,1H3. The Bertz CT molecular complexity index is 312. The maximum atomic E-state index is 10.4. The van der Waals surface area contributed by atoms with Crippen molar-refractivity contribution in [2.45, 2.75) is 31.8 Å². The molecule has 1 N–H and O–H groups in total. The minimum atomic E-state index is -0.678. The molecule has 1 aliphatic carbocycles. The SMILES string of the molecule is CC(O)(c1ccc(Cl)cc1)C1CCC1. The van der Waals surface area contributed by atoms with E-state index in [0.717, 1.165) is 23.4 Å². The van der Waals surface area contributed by atoms with Gasteiger partial charge >= 0.3 is 0 Å². The van der Waals surface area contributed by atoms with E-state index in [1.165, 1.54) is 6.42 Å². The van der Waals surface area contributed by atoms with Crippen molar-refractivity contribution in [2.75, 3.05) is 0 Å². The highest BCUT2D eigenvalue weighted by Crippen LogP contribution is 2.42. The van der Waals surface area contributed by atoms with E-state index in [0.29, 0.717) is 5.92 Å². The van der Waals surface area contributed by atoms with Crippen molar-refractivity contribution in [1.29, 1.82) is 0 Å². The second-order valence-corrected chi connectivity index (χ2v) is 4.72. The molecule has 1 fully saturated rings. The average molecular weight is 211 g/mol. The third-order valence-corrected chi connectivity index (χ3v) is 3.58. The zero-order chi connectivity index (χ0) is 10.2. The van der Waals surface area contributed by atoms with E-state index in [1.54, 1.807) is 0 Å². The molecule has 0 radical (unpaired) electrons. The first-order chi connectivity index (χ1) is 6.60. The molecule has 0 aromatic heterocycles. The van der Waals surface area contributed by atoms with Crippen LogP contribution in [0, 0.1) is 5.92 Å². The van der Waals surface area contributed by atoms with Gasteiger partial charge in [0.1, 0.15) is 0 Å². The Morgan fingerprint density at radius 2 is 1.86 bits per heavy atom. The molecule has 0 bridgehead atoms. The smallest absolute Gasteiger partial charge is 0.0896 e. The molecule has 0 aliphatic heterocycles. The fourth-order valence-corrected chi connectivity index (χ4v) is 2.12. The maximum Gasteiger partial charge on any atom is 0.0896 e. The summed E-state index contributed by atoms with van der Waals surface area (Å²) in [7, 11) is 0. The van der Waals surface area contributed by atoms with E-state index in [-0.39, 0.29) is 0 Å². The number of rotatable bonds is 2. The number of benzene rings is 1. The Morgan fingerprint density at radius 1 is 1.29 bits per heavy atom. The summed E-state index contributed by atoms with van der Waals surface area (Å²) in [5.74, 6) is 0.420. The summed E-state index contributed by atoms with van der Waals surface area (Å²) in [6.45, 7) is 1.90. The summed E-state index contributed by atoms with van der Waals surface area (Å²) >= 11 is 5.81. The molecule has 76 valence electrons. The Kier molecular flexibility index (Phi) is 2.54. The van der Waals surface area contributed by atoms with Gasteiger partial charge in [-0.3, -0.25) is 0 Å². The van der Waals surface area contributed by atoms with Gasteiger partial charge in [-0.25, -0.2) is 0 Å². The molecule has 0 spiro atoms. The van der Waals surface area contributed by atoms with Crippen LogP contribution >= 0.6 is 11.6 Å². The van der Waals surface area contributed by atoms with Crippen LogP contribution in [0.2, 0.25) is 5.02 Å². The summed E-state index contributed by atoms with van der Waals surface area (Å²) in [6, 6.07) is 7.51. The van der Waals surface area contributed by atoms with Crippen LogP contribution in [-0.4, -0.2) is 5.11 Å². The highest BCUT2D eigenvalue weighted by Gasteiger charge is 2.37. The molecule has 14 heavy (non-hydrogen) atoms. The van der Waals surface area contributed by atoms with Gasteiger partial charge in [-0.05, 0) is 43.4 Å². The lowest BCUT2D eigenvalue weighted by Crippen LogP contribution is -2.36. The molecular weight excluding hydrogens is 196 g/mol. The van der Waals surface area contributed by atoms with Crippen molar-refractivity contribution in [3.8, 4) is 0 Å². The monoisotopic (exact) mass is 210 g/mol. The molecule has 1 aromatic rings. The zero-order valence-corrected chi connectivity index (χ0v) is 9.09. The first kappa shape index (κ1) is 10.0. The molecule has 1 atom stereocenters. The van der Waals surface area contributed by atoms with Crippen LogP contribution in [0.3, 0.4) is 0 Å². The minimum absolute atomic E-state index is 0.420. The number of hydrogen-bond acceptors (Lipinski definition) is 1. The van der Waals surface area contributed by atoms with Crippen LogP contribution in [0.15, 0.2) is 24.3 Å². The van der Waals surface area contributed by atoms with Gasteiger partial charge in [-0.2, -0.15) is 0 Å². The number of aliphatic hydroxyl groups is 1. The van der Waals surface area contributed by atoms with Crippen LogP contribution in [0.25, 0.3) is 0 Å². The van der Waals surface area contributed by atoms with Gasteiger partial charge in [-0.15, -0.1) is 0 Å². The molecule has 0 saturated heterocycles. The first-order valence-corrected chi connectivity index (χ1v) is 5.47. The Labute approximate surface area is 89.7 Å². The lowest BCUT2D eigenvalue weighted by Gasteiger charge is -2.39. The lowest BCUT2D eigenvalue weighted by atomic mass is 9.71. The Hall–Kier alpha value is -0.530. The molecule has 1 aromatic carbocycles. The van der Waals surface area contributed by atoms with Crippen molar-refractivity contribution in [1.82, 2.24) is 0 Å². The number of hydrogen-bond donors (Lipinski definition) is 1. The fourth-order valence-electron chi connectivity index (χ4n) is 1.99. The van der Waals surface area contributed by atoms with Gasteiger partial charge in [0.25, 0.3) is 0 Å². The molecule has 1 unspecified atom stereocenters. The van der Waals surface area contributed by atoms with E-state index in [4.69, 9.17) is 11.6 Å². The lowest BCUT2D eigenvalue weighted by molar-refractivity contribution is -0.0399. The van der Waals surface area contributed by atoms with E-state index in [1.807, 2.05) is 31.2 Å². The third kappa shape index (κ3) is 1.67. The molecule has 0 amide bonds. The second-order valence-electron chi connectivity index (χ2n) is 4.28. The third-order valence-electron chi connectivity index (χ3n) is 3.33. The normalized spacial score (nSPS) is 21.4. The van der Waals surface area contributed by atoms with Crippen LogP contribution in [0.1, 0.15) is 31.7 Å². The quantitative estimate of drug-likeness (QED) is 0.794. The molecule has 1 nitrogen and oxygen atoms in total. The van der Waals surface area contributed by atoms with Gasteiger partial charge in [0.05, 0.1) is 5.60 Å². The summed E-state index contributed by atoms with van der Waals surface area (Å²) in [4.78, 5) is 0. The van der Waals surface area contributed by atoms with E-state index in [2.05, 4.69) is 0 Å². The fraction of sp³-hybridized carbons (Fsp3) is 0.500. The molecule has 0 heterocycles. The second kappa shape index (κ2) is 3.56. The van der Waals surface area contributed by atoms with Crippen molar-refractivity contribution >= 4 is 11.6 Å². The van der Waals surface area contributed by atoms with Gasteiger partial charge in [-0.1, -0.05) is 30.2 Å². The topological polar surface area (TPSA) is 20.2 Å². The summed E-state index contributed by atoms with van der Waals surface area (Å²) in [5.41, 5.74) is 0.301. The van der Waals surface area contributed by atoms with Crippen LogP contribution < -0.4 is 0 Å². The zero-order valence-electron chi connectivity index (χ0n) is 8.33. The Balaban J connectivity index is 2.23. The van der Waals surface area contributed by atoms with E-state index in [9.17, 15) is 5.11 Å². The molecule has 2 heteroatoms. The van der Waals surface area contributed by atoms with Gasteiger partial charge in [0, 0.05) is 5.02 Å². The first-order valence-electron chi connectivity index (χ1n) is 5.09. The maximum absolute atomic E-state index is 10.4. The summed E-state index contributed by atoms with van der Waals surface area (Å²) in [6.07, 6.45) is 3.51. The predicted octanol–water partition coefficient (Wildman–Crippen LogP) is 3.35. The van der Waals surface area contributed by atoms with Crippen molar-refractivity contribution < 1.29 is 5.11 Å². The van der Waals surface area contributed by atoms with Crippen LogP contribution in [0.4, 0.5) is 0 Å². The molecular formula is C12H15ClO. The summed E-state index contributed by atoms with van der Waals surface area (Å²) in [5, 5.41) is 11.1. The van der Waals surface area contributed by atoms with Crippen LogP contribution in [-0.2, 0) is 5.60 Å². The molecule has 1 aliphatic rings. The number of halogens is 1. The largest absolute Gasteiger partial charge is 0.385 e. The molecule has 1 saturated carbocycles. The van der Waals surface area contributed by atoms with Crippen LogP contribution in [0.5, 0.6) is 0 Å². The highest BCUT2D eigenvalue weighted by molar-refractivity contribution is 6.30. The Morgan fingerprint density at radius 3 is 2.29 bits per heavy atom. The summed E-state index contributed by atoms with van der Waals surface area (Å²) < 4.78 is 0. The van der Waals surface area contributed by atoms with Crippen molar-refractivity contribution in [3.05, 3.63) is 34.9 Å². The van der Waals surface area contributed by atoms with Gasteiger partial charge in [0.2, 0.25) is 0 Å². The molecule has 2 rings (SSSR count). The average Bonchev–Trinajstić information content (AvgIpc) is 2.00. The van der Waals surface area contributed by atoms with Crippen molar-refractivity contribution in [2.24, 2.45) is 5.92 Å².